The zero-order chi connectivity index (χ0) is 18.5. The molecule has 1 aliphatic rings. The number of amides is 1. The molecule has 0 aliphatic carbocycles. The Morgan fingerprint density at radius 2 is 2.07 bits per heavy atom. The van der Waals surface area contributed by atoms with Crippen molar-refractivity contribution in [3.05, 3.63) is 69.9 Å². The minimum atomic E-state index is -0.0228. The van der Waals surface area contributed by atoms with E-state index in [4.69, 9.17) is 9.47 Å². The van der Waals surface area contributed by atoms with Crippen molar-refractivity contribution in [2.75, 3.05) is 13.3 Å². The fourth-order valence-electron chi connectivity index (χ4n) is 2.84. The van der Waals surface area contributed by atoms with E-state index in [1.807, 2.05) is 41.8 Å². The molecule has 0 unspecified atom stereocenters. The lowest BCUT2D eigenvalue weighted by Gasteiger charge is -2.05. The molecule has 1 aliphatic heterocycles. The van der Waals surface area contributed by atoms with Crippen molar-refractivity contribution in [3.8, 4) is 11.5 Å². The maximum atomic E-state index is 12.2. The van der Waals surface area contributed by atoms with Crippen molar-refractivity contribution in [3.63, 3.8) is 0 Å². The smallest absolute Gasteiger partial charge is 0.231 e. The molecule has 3 heterocycles. The van der Waals surface area contributed by atoms with E-state index < -0.39 is 0 Å². The molecule has 1 N–H and O–H groups in total. The fraction of sp³-hybridized carbons (Fsp3) is 0.250. The molecule has 3 aromatic rings. The number of carbonyl (C=O) groups excluding carboxylic acids is 1. The van der Waals surface area contributed by atoms with Gasteiger partial charge in [0.25, 0.3) is 0 Å². The van der Waals surface area contributed by atoms with Gasteiger partial charge in [-0.25, -0.2) is 4.98 Å². The van der Waals surface area contributed by atoms with Crippen LogP contribution < -0.4 is 14.8 Å². The highest BCUT2D eigenvalue weighted by Gasteiger charge is 2.13. The molecule has 1 aromatic carbocycles. The van der Waals surface area contributed by atoms with E-state index in [1.54, 1.807) is 17.5 Å². The Bertz CT molecular complexity index is 927. The monoisotopic (exact) mass is 381 g/mol. The minimum Gasteiger partial charge on any atom is -0.454 e. The summed E-state index contributed by atoms with van der Waals surface area (Å²) < 4.78 is 10.7. The van der Waals surface area contributed by atoms with Crippen LogP contribution in [-0.4, -0.2) is 29.2 Å². The summed E-state index contributed by atoms with van der Waals surface area (Å²) in [5.74, 6) is 1.51. The van der Waals surface area contributed by atoms with Crippen LogP contribution in [0.5, 0.6) is 11.5 Å². The third kappa shape index (κ3) is 4.62. The van der Waals surface area contributed by atoms with E-state index in [2.05, 4.69) is 15.3 Å². The summed E-state index contributed by atoms with van der Waals surface area (Å²) in [5.41, 5.74) is 2.88. The number of pyridine rings is 1. The number of nitrogens with one attached hydrogen (secondary N) is 1. The molecule has 7 heteroatoms. The number of aromatic nitrogens is 2. The SMILES string of the molecule is O=C(Cc1csc(Cc2ccccn2)n1)NCCc1ccc2c(c1)OCO2. The van der Waals surface area contributed by atoms with E-state index >= 15 is 0 Å². The highest BCUT2D eigenvalue weighted by Crippen LogP contribution is 2.32. The molecule has 6 nitrogen and oxygen atoms in total. The van der Waals surface area contributed by atoms with Crippen LogP contribution in [-0.2, 0) is 24.1 Å². The molecule has 0 saturated heterocycles. The van der Waals surface area contributed by atoms with Crippen LogP contribution in [0.2, 0.25) is 0 Å². The third-order valence-corrected chi connectivity index (χ3v) is 5.07. The maximum Gasteiger partial charge on any atom is 0.231 e. The molecule has 0 bridgehead atoms. The first-order valence-electron chi connectivity index (χ1n) is 8.75. The average molecular weight is 381 g/mol. The van der Waals surface area contributed by atoms with Crippen molar-refractivity contribution < 1.29 is 14.3 Å². The van der Waals surface area contributed by atoms with E-state index in [1.165, 1.54) is 0 Å². The summed E-state index contributed by atoms with van der Waals surface area (Å²) in [6, 6.07) is 11.7. The van der Waals surface area contributed by atoms with Gasteiger partial charge in [-0.3, -0.25) is 9.78 Å². The Labute approximate surface area is 161 Å². The van der Waals surface area contributed by atoms with Gasteiger partial charge in [0, 0.05) is 30.2 Å². The Morgan fingerprint density at radius 1 is 1.15 bits per heavy atom. The third-order valence-electron chi connectivity index (χ3n) is 4.17. The van der Waals surface area contributed by atoms with Crippen LogP contribution in [0.25, 0.3) is 0 Å². The zero-order valence-electron chi connectivity index (χ0n) is 14.7. The number of fused-ring (bicyclic) bond motifs is 1. The van der Waals surface area contributed by atoms with Gasteiger partial charge in [-0.1, -0.05) is 12.1 Å². The first-order valence-corrected chi connectivity index (χ1v) is 9.62. The predicted molar refractivity (Wildman–Crippen MR) is 102 cm³/mol. The summed E-state index contributed by atoms with van der Waals surface area (Å²) >= 11 is 1.56. The summed E-state index contributed by atoms with van der Waals surface area (Å²) in [6.45, 7) is 0.842. The number of benzene rings is 1. The van der Waals surface area contributed by atoms with Gasteiger partial charge >= 0.3 is 0 Å². The van der Waals surface area contributed by atoms with Crippen LogP contribution in [0.3, 0.4) is 0 Å². The van der Waals surface area contributed by atoms with E-state index in [0.717, 1.165) is 39.9 Å². The lowest BCUT2D eigenvalue weighted by molar-refractivity contribution is -0.120. The fourth-order valence-corrected chi connectivity index (χ4v) is 3.65. The number of ether oxygens (including phenoxy) is 2. The molecular formula is C20H19N3O3S. The van der Waals surface area contributed by atoms with Gasteiger partial charge in [-0.2, -0.15) is 0 Å². The van der Waals surface area contributed by atoms with Crippen molar-refractivity contribution in [2.45, 2.75) is 19.3 Å². The number of carbonyl (C=O) groups is 1. The molecule has 138 valence electrons. The van der Waals surface area contributed by atoms with Gasteiger partial charge in [-0.15, -0.1) is 11.3 Å². The van der Waals surface area contributed by atoms with E-state index in [-0.39, 0.29) is 12.7 Å². The van der Waals surface area contributed by atoms with Crippen LogP contribution in [0.1, 0.15) is 22.0 Å². The van der Waals surface area contributed by atoms with Gasteiger partial charge < -0.3 is 14.8 Å². The van der Waals surface area contributed by atoms with E-state index in [0.29, 0.717) is 19.4 Å². The summed E-state index contributed by atoms with van der Waals surface area (Å²) in [5, 5.41) is 5.86. The summed E-state index contributed by atoms with van der Waals surface area (Å²) in [6.07, 6.45) is 3.50. The Hall–Kier alpha value is -2.93. The number of hydrogen-bond donors (Lipinski definition) is 1. The van der Waals surface area contributed by atoms with E-state index in [9.17, 15) is 4.79 Å². The second-order valence-corrected chi connectivity index (χ2v) is 7.14. The minimum absolute atomic E-state index is 0.0228. The van der Waals surface area contributed by atoms with Crippen molar-refractivity contribution in [1.82, 2.24) is 15.3 Å². The highest BCUT2D eigenvalue weighted by molar-refractivity contribution is 7.09. The summed E-state index contributed by atoms with van der Waals surface area (Å²) in [7, 11) is 0. The molecular weight excluding hydrogens is 362 g/mol. The van der Waals surface area contributed by atoms with Crippen LogP contribution in [0, 0.1) is 0 Å². The lowest BCUT2D eigenvalue weighted by atomic mass is 10.1. The molecule has 0 saturated carbocycles. The molecule has 0 spiro atoms. The number of hydrogen-bond acceptors (Lipinski definition) is 6. The number of nitrogens with zero attached hydrogens (tertiary/aromatic N) is 2. The molecule has 1 amide bonds. The normalized spacial score (nSPS) is 12.1. The molecule has 0 fully saturated rings. The van der Waals surface area contributed by atoms with Crippen LogP contribution >= 0.6 is 11.3 Å². The van der Waals surface area contributed by atoms with Crippen molar-refractivity contribution >= 4 is 17.2 Å². The lowest BCUT2D eigenvalue weighted by Crippen LogP contribution is -2.27. The predicted octanol–water partition coefficient (Wildman–Crippen LogP) is 2.76. The second-order valence-electron chi connectivity index (χ2n) is 6.19. The van der Waals surface area contributed by atoms with Gasteiger partial charge in [0.15, 0.2) is 11.5 Å². The largest absolute Gasteiger partial charge is 0.454 e. The van der Waals surface area contributed by atoms with Gasteiger partial charge in [0.05, 0.1) is 17.1 Å². The topological polar surface area (TPSA) is 73.3 Å². The van der Waals surface area contributed by atoms with Crippen molar-refractivity contribution in [2.24, 2.45) is 0 Å². The second kappa shape index (κ2) is 8.18. The maximum absolute atomic E-state index is 12.2. The average Bonchev–Trinajstić information content (AvgIpc) is 3.31. The zero-order valence-corrected chi connectivity index (χ0v) is 15.5. The van der Waals surface area contributed by atoms with Crippen LogP contribution in [0.15, 0.2) is 48.0 Å². The summed E-state index contributed by atoms with van der Waals surface area (Å²) in [4.78, 5) is 21.0. The molecule has 0 radical (unpaired) electrons. The molecule has 27 heavy (non-hydrogen) atoms. The van der Waals surface area contributed by atoms with Crippen LogP contribution in [0.4, 0.5) is 0 Å². The first-order chi connectivity index (χ1) is 13.3. The Kier molecular flexibility index (Phi) is 5.29. The molecule has 4 rings (SSSR count). The number of thiazole rings is 1. The Balaban J connectivity index is 1.24. The standard InChI is InChI=1S/C20H19N3O3S/c24-19(22-8-6-14-4-5-17-18(9-14)26-13-25-17)10-16-12-27-20(23-16)11-15-3-1-2-7-21-15/h1-5,7,9,12H,6,8,10-11,13H2,(H,22,24). The molecule has 0 atom stereocenters. The highest BCUT2D eigenvalue weighted by atomic mass is 32.1. The number of rotatable bonds is 7. The quantitative estimate of drug-likeness (QED) is 0.681. The molecule has 2 aromatic heterocycles. The van der Waals surface area contributed by atoms with Crippen molar-refractivity contribution in [1.29, 1.82) is 0 Å². The van der Waals surface area contributed by atoms with Gasteiger partial charge in [-0.05, 0) is 36.2 Å². The van der Waals surface area contributed by atoms with Gasteiger partial charge in [0.1, 0.15) is 0 Å². The first kappa shape index (κ1) is 17.5. The Morgan fingerprint density at radius 3 is 2.96 bits per heavy atom. The van der Waals surface area contributed by atoms with Gasteiger partial charge in [0.2, 0.25) is 12.7 Å².